The molecule has 2 aromatic carbocycles. The number of nitrogens with one attached hydrogen (secondary N) is 1. The Morgan fingerprint density at radius 1 is 1.06 bits per heavy atom. The molecule has 0 aromatic heterocycles. The SMILES string of the molecule is CC[C@H](C)[C@@H](C(=O)O)N(Oc1ccc(CC(=O)Nc2cc(C)cc(C)c2)cc1)C(=O)C1CCCC1. The van der Waals surface area contributed by atoms with E-state index in [0.717, 1.165) is 53.1 Å². The predicted molar refractivity (Wildman–Crippen MR) is 135 cm³/mol. The van der Waals surface area contributed by atoms with Crippen molar-refractivity contribution in [2.24, 2.45) is 11.8 Å². The highest BCUT2D eigenvalue weighted by molar-refractivity contribution is 5.92. The lowest BCUT2D eigenvalue weighted by molar-refractivity contribution is -0.185. The van der Waals surface area contributed by atoms with Gasteiger partial charge in [-0.15, -0.1) is 0 Å². The Morgan fingerprint density at radius 2 is 1.66 bits per heavy atom. The molecule has 0 spiro atoms. The quantitative estimate of drug-likeness (QED) is 0.450. The van der Waals surface area contributed by atoms with Crippen molar-refractivity contribution in [2.45, 2.75) is 72.3 Å². The van der Waals surface area contributed by atoms with Gasteiger partial charge in [-0.05, 0) is 73.6 Å². The molecule has 0 radical (unpaired) electrons. The summed E-state index contributed by atoms with van der Waals surface area (Å²) in [6.07, 6.45) is 4.21. The molecule has 35 heavy (non-hydrogen) atoms. The van der Waals surface area contributed by atoms with Gasteiger partial charge in [-0.1, -0.05) is 51.3 Å². The fourth-order valence-corrected chi connectivity index (χ4v) is 4.61. The number of hydrogen-bond acceptors (Lipinski definition) is 4. The van der Waals surface area contributed by atoms with Crippen molar-refractivity contribution in [2.75, 3.05) is 5.32 Å². The van der Waals surface area contributed by atoms with Crippen molar-refractivity contribution >= 4 is 23.5 Å². The van der Waals surface area contributed by atoms with Crippen LogP contribution in [0.3, 0.4) is 0 Å². The number of anilines is 1. The molecular weight excluding hydrogens is 444 g/mol. The largest absolute Gasteiger partial charge is 0.480 e. The summed E-state index contributed by atoms with van der Waals surface area (Å²) in [6.45, 7) is 7.68. The number of hydrogen-bond donors (Lipinski definition) is 2. The van der Waals surface area contributed by atoms with Crippen LogP contribution in [0.1, 0.15) is 62.6 Å². The Morgan fingerprint density at radius 3 is 2.20 bits per heavy atom. The van der Waals surface area contributed by atoms with Gasteiger partial charge in [0.25, 0.3) is 5.91 Å². The highest BCUT2D eigenvalue weighted by Crippen LogP contribution is 2.30. The van der Waals surface area contributed by atoms with Crippen molar-refractivity contribution in [3.63, 3.8) is 0 Å². The summed E-state index contributed by atoms with van der Waals surface area (Å²) < 4.78 is 0. The summed E-state index contributed by atoms with van der Waals surface area (Å²) in [6, 6.07) is 11.7. The Hall–Kier alpha value is -3.35. The van der Waals surface area contributed by atoms with Gasteiger partial charge in [0.05, 0.1) is 6.42 Å². The molecule has 7 nitrogen and oxygen atoms in total. The van der Waals surface area contributed by atoms with Crippen LogP contribution < -0.4 is 10.2 Å². The first-order chi connectivity index (χ1) is 16.7. The minimum Gasteiger partial charge on any atom is -0.480 e. The summed E-state index contributed by atoms with van der Waals surface area (Å²) in [7, 11) is 0. The van der Waals surface area contributed by atoms with Gasteiger partial charge in [-0.25, -0.2) is 4.79 Å². The highest BCUT2D eigenvalue weighted by Gasteiger charge is 2.39. The molecule has 2 amide bonds. The van der Waals surface area contributed by atoms with Crippen LogP contribution in [0.25, 0.3) is 0 Å². The summed E-state index contributed by atoms with van der Waals surface area (Å²) in [5, 5.41) is 13.9. The van der Waals surface area contributed by atoms with Crippen molar-refractivity contribution in [3.05, 3.63) is 59.2 Å². The molecule has 0 heterocycles. The molecule has 2 atom stereocenters. The number of aliphatic carboxylic acids is 1. The standard InChI is InChI=1S/C28H36N2O5/c1-5-20(4)26(28(33)34)30(27(32)22-8-6-7-9-22)35-24-12-10-21(11-13-24)17-25(31)29-23-15-18(2)14-19(3)16-23/h10-16,20,22,26H,5-9,17H2,1-4H3,(H,29,31)(H,33,34)/t20-,26-/m0/s1. The highest BCUT2D eigenvalue weighted by atomic mass is 16.7. The van der Waals surface area contributed by atoms with Gasteiger partial charge >= 0.3 is 5.97 Å². The average molecular weight is 481 g/mol. The predicted octanol–water partition coefficient (Wildman–Crippen LogP) is 5.30. The van der Waals surface area contributed by atoms with E-state index in [1.165, 1.54) is 0 Å². The fourth-order valence-electron chi connectivity index (χ4n) is 4.61. The maximum Gasteiger partial charge on any atom is 0.330 e. The second-order valence-corrected chi connectivity index (χ2v) is 9.65. The number of carbonyl (C=O) groups is 3. The Labute approximate surface area is 207 Å². The van der Waals surface area contributed by atoms with E-state index in [1.807, 2.05) is 45.9 Å². The number of rotatable bonds is 10. The van der Waals surface area contributed by atoms with E-state index in [0.29, 0.717) is 12.2 Å². The van der Waals surface area contributed by atoms with E-state index in [2.05, 4.69) is 5.32 Å². The van der Waals surface area contributed by atoms with Gasteiger partial charge in [0.1, 0.15) is 0 Å². The molecule has 1 aliphatic carbocycles. The number of nitrogens with zero attached hydrogens (tertiary/aromatic N) is 1. The van der Waals surface area contributed by atoms with Crippen molar-refractivity contribution < 1.29 is 24.3 Å². The van der Waals surface area contributed by atoms with Crippen LogP contribution in [0.5, 0.6) is 5.75 Å². The molecule has 1 saturated carbocycles. The fraction of sp³-hybridized carbons (Fsp3) is 0.464. The Bertz CT molecular complexity index is 1020. The normalized spacial score (nSPS) is 15.3. The van der Waals surface area contributed by atoms with E-state index in [1.54, 1.807) is 24.3 Å². The van der Waals surface area contributed by atoms with Gasteiger partial charge in [-0.3, -0.25) is 9.59 Å². The van der Waals surface area contributed by atoms with Crippen LogP contribution in [-0.2, 0) is 20.8 Å². The lowest BCUT2D eigenvalue weighted by Crippen LogP contribution is -2.52. The number of hydroxylamine groups is 2. The molecule has 2 aromatic rings. The van der Waals surface area contributed by atoms with E-state index < -0.39 is 12.0 Å². The van der Waals surface area contributed by atoms with Gasteiger partial charge in [0.15, 0.2) is 11.8 Å². The minimum atomic E-state index is -1.08. The summed E-state index contributed by atoms with van der Waals surface area (Å²) >= 11 is 0. The smallest absolute Gasteiger partial charge is 0.330 e. The maximum absolute atomic E-state index is 13.2. The number of amides is 2. The molecule has 188 valence electrons. The van der Waals surface area contributed by atoms with Crippen molar-refractivity contribution in [1.82, 2.24) is 5.06 Å². The zero-order valence-electron chi connectivity index (χ0n) is 21.0. The number of aryl methyl sites for hydroxylation is 2. The first-order valence-corrected chi connectivity index (χ1v) is 12.4. The van der Waals surface area contributed by atoms with Gasteiger partial charge < -0.3 is 15.3 Å². The zero-order chi connectivity index (χ0) is 25.5. The molecular formula is C28H36N2O5. The molecule has 0 saturated heterocycles. The van der Waals surface area contributed by atoms with Crippen LogP contribution >= 0.6 is 0 Å². The van der Waals surface area contributed by atoms with Crippen LogP contribution in [-0.4, -0.2) is 34.0 Å². The zero-order valence-corrected chi connectivity index (χ0v) is 21.0. The van der Waals surface area contributed by atoms with Crippen molar-refractivity contribution in [1.29, 1.82) is 0 Å². The first kappa shape index (κ1) is 26.3. The topological polar surface area (TPSA) is 95.9 Å². The van der Waals surface area contributed by atoms with E-state index in [9.17, 15) is 19.5 Å². The molecule has 1 fully saturated rings. The lowest BCUT2D eigenvalue weighted by Gasteiger charge is -2.33. The minimum absolute atomic E-state index is 0.135. The monoisotopic (exact) mass is 480 g/mol. The molecule has 0 unspecified atom stereocenters. The molecule has 0 bridgehead atoms. The number of carboxylic acid groups (broad SMARTS) is 1. The van der Waals surface area contributed by atoms with Gasteiger partial charge in [0.2, 0.25) is 5.91 Å². The second kappa shape index (κ2) is 11.9. The third-order valence-electron chi connectivity index (χ3n) is 6.61. The average Bonchev–Trinajstić information content (AvgIpc) is 3.33. The third-order valence-corrected chi connectivity index (χ3v) is 6.61. The van der Waals surface area contributed by atoms with E-state index in [-0.39, 0.29) is 30.1 Å². The van der Waals surface area contributed by atoms with Crippen LogP contribution in [0.15, 0.2) is 42.5 Å². The molecule has 1 aliphatic rings. The summed E-state index contributed by atoms with van der Waals surface area (Å²) in [5.74, 6) is -1.61. The summed E-state index contributed by atoms with van der Waals surface area (Å²) in [5.41, 5.74) is 3.70. The van der Waals surface area contributed by atoms with Crippen LogP contribution in [0.4, 0.5) is 5.69 Å². The van der Waals surface area contributed by atoms with E-state index in [4.69, 9.17) is 4.84 Å². The van der Waals surface area contributed by atoms with Crippen molar-refractivity contribution in [3.8, 4) is 5.75 Å². The molecule has 2 N–H and O–H groups in total. The molecule has 0 aliphatic heterocycles. The summed E-state index contributed by atoms with van der Waals surface area (Å²) in [4.78, 5) is 43.8. The van der Waals surface area contributed by atoms with Crippen LogP contribution in [0.2, 0.25) is 0 Å². The Kier molecular flexibility index (Phi) is 8.90. The second-order valence-electron chi connectivity index (χ2n) is 9.65. The van der Waals surface area contributed by atoms with E-state index >= 15 is 0 Å². The number of carbonyl (C=O) groups excluding carboxylic acids is 2. The van der Waals surface area contributed by atoms with Gasteiger partial charge in [-0.2, -0.15) is 5.06 Å². The van der Waals surface area contributed by atoms with Crippen LogP contribution in [0, 0.1) is 25.7 Å². The number of benzene rings is 2. The maximum atomic E-state index is 13.2. The lowest BCUT2D eigenvalue weighted by atomic mass is 9.97. The van der Waals surface area contributed by atoms with Gasteiger partial charge in [0, 0.05) is 11.6 Å². The third kappa shape index (κ3) is 7.07. The number of carboxylic acids is 1. The molecule has 7 heteroatoms. The Balaban J connectivity index is 1.71. The molecule has 3 rings (SSSR count). The first-order valence-electron chi connectivity index (χ1n) is 12.4.